The molecular formula is C15H18N2O3. The molecule has 0 unspecified atom stereocenters. The average molecular weight is 274 g/mol. The van der Waals surface area contributed by atoms with Gasteiger partial charge >= 0.3 is 5.97 Å². The highest BCUT2D eigenvalue weighted by Gasteiger charge is 2.14. The summed E-state index contributed by atoms with van der Waals surface area (Å²) >= 11 is 0. The Balaban J connectivity index is 2.49. The largest absolute Gasteiger partial charge is 0.496 e. The van der Waals surface area contributed by atoms with Crippen LogP contribution in [0.5, 0.6) is 5.75 Å². The Morgan fingerprint density at radius 2 is 2.15 bits per heavy atom. The number of benzene rings is 1. The van der Waals surface area contributed by atoms with Crippen LogP contribution in [-0.4, -0.2) is 28.0 Å². The highest BCUT2D eigenvalue weighted by molar-refractivity contribution is 5.72. The minimum Gasteiger partial charge on any atom is -0.496 e. The van der Waals surface area contributed by atoms with E-state index in [0.717, 1.165) is 23.4 Å². The lowest BCUT2D eigenvalue weighted by atomic mass is 10.0. The fraction of sp³-hybridized carbons (Fsp3) is 0.333. The number of carboxylic acid groups (broad SMARTS) is 1. The van der Waals surface area contributed by atoms with Crippen molar-refractivity contribution in [1.82, 2.24) is 9.78 Å². The maximum absolute atomic E-state index is 10.8. The first-order valence-corrected chi connectivity index (χ1v) is 6.47. The molecule has 0 aliphatic rings. The van der Waals surface area contributed by atoms with Gasteiger partial charge in [-0.3, -0.25) is 9.48 Å². The van der Waals surface area contributed by atoms with E-state index in [9.17, 15) is 4.79 Å². The predicted octanol–water partition coefficient (Wildman–Crippen LogP) is 2.29. The Kier molecular flexibility index (Phi) is 4.08. The summed E-state index contributed by atoms with van der Waals surface area (Å²) in [5.41, 5.74) is 3.52. The molecule has 0 saturated heterocycles. The van der Waals surface area contributed by atoms with Crippen LogP contribution in [0.25, 0.3) is 11.3 Å². The molecule has 0 atom stereocenters. The van der Waals surface area contributed by atoms with Crippen LogP contribution in [0, 0.1) is 0 Å². The Morgan fingerprint density at radius 3 is 2.75 bits per heavy atom. The van der Waals surface area contributed by atoms with E-state index in [1.807, 2.05) is 12.1 Å². The Bertz CT molecular complexity index is 632. The maximum atomic E-state index is 10.8. The second-order valence-electron chi connectivity index (χ2n) is 4.60. The zero-order valence-corrected chi connectivity index (χ0v) is 11.9. The van der Waals surface area contributed by atoms with Crippen LogP contribution >= 0.6 is 0 Å². The van der Waals surface area contributed by atoms with Gasteiger partial charge in [0.25, 0.3) is 0 Å². The lowest BCUT2D eigenvalue weighted by Crippen LogP contribution is -2.01. The second-order valence-corrected chi connectivity index (χ2v) is 4.60. The van der Waals surface area contributed by atoms with Crippen molar-refractivity contribution < 1.29 is 14.6 Å². The minimum absolute atomic E-state index is 0.0797. The molecule has 0 saturated carbocycles. The number of nitrogens with zero attached hydrogens (tertiary/aromatic N) is 2. The number of carboxylic acids is 1. The number of hydrogen-bond donors (Lipinski definition) is 1. The molecule has 0 bridgehead atoms. The van der Waals surface area contributed by atoms with Crippen LogP contribution in [-0.2, 0) is 24.7 Å². The third kappa shape index (κ3) is 2.82. The molecule has 0 fully saturated rings. The standard InChI is InChI=1S/C15H18N2O3/c1-4-10-5-6-14(20-3)12(7-10)13-8-11(9-15(18)19)16-17(13)2/h5-8H,4,9H2,1-3H3,(H,18,19). The summed E-state index contributed by atoms with van der Waals surface area (Å²) in [6, 6.07) is 7.81. The summed E-state index contributed by atoms with van der Waals surface area (Å²) in [7, 11) is 3.43. The molecule has 0 aliphatic carbocycles. The molecule has 20 heavy (non-hydrogen) atoms. The van der Waals surface area contributed by atoms with Gasteiger partial charge in [-0.15, -0.1) is 0 Å². The van der Waals surface area contributed by atoms with Gasteiger partial charge in [0, 0.05) is 12.6 Å². The van der Waals surface area contributed by atoms with Gasteiger partial charge in [0.15, 0.2) is 0 Å². The molecule has 1 heterocycles. The first kappa shape index (κ1) is 14.1. The molecule has 0 radical (unpaired) electrons. The average Bonchev–Trinajstić information content (AvgIpc) is 2.77. The van der Waals surface area contributed by atoms with Crippen molar-refractivity contribution in [1.29, 1.82) is 0 Å². The van der Waals surface area contributed by atoms with E-state index in [0.29, 0.717) is 5.69 Å². The van der Waals surface area contributed by atoms with Crippen molar-refractivity contribution in [3.8, 4) is 17.0 Å². The van der Waals surface area contributed by atoms with E-state index in [1.54, 1.807) is 24.9 Å². The summed E-state index contributed by atoms with van der Waals surface area (Å²) in [5.74, 6) is -0.129. The van der Waals surface area contributed by atoms with Crippen LogP contribution in [0.2, 0.25) is 0 Å². The summed E-state index contributed by atoms with van der Waals surface area (Å²) < 4.78 is 7.08. The Morgan fingerprint density at radius 1 is 1.40 bits per heavy atom. The first-order chi connectivity index (χ1) is 9.55. The van der Waals surface area contributed by atoms with Crippen LogP contribution in [0.1, 0.15) is 18.2 Å². The number of aryl methyl sites for hydroxylation is 2. The molecule has 2 aromatic rings. The normalized spacial score (nSPS) is 10.6. The van der Waals surface area contributed by atoms with Gasteiger partial charge in [-0.1, -0.05) is 13.0 Å². The number of rotatable bonds is 5. The van der Waals surface area contributed by atoms with Gasteiger partial charge < -0.3 is 9.84 Å². The van der Waals surface area contributed by atoms with Crippen LogP contribution < -0.4 is 4.74 Å². The fourth-order valence-electron chi connectivity index (χ4n) is 2.20. The van der Waals surface area contributed by atoms with Crippen LogP contribution in [0.3, 0.4) is 0 Å². The zero-order chi connectivity index (χ0) is 14.7. The van der Waals surface area contributed by atoms with Gasteiger partial charge in [-0.25, -0.2) is 0 Å². The number of methoxy groups -OCH3 is 1. The van der Waals surface area contributed by atoms with Gasteiger partial charge in [-0.05, 0) is 30.2 Å². The van der Waals surface area contributed by atoms with Crippen molar-refractivity contribution in [3.05, 3.63) is 35.5 Å². The van der Waals surface area contributed by atoms with E-state index in [-0.39, 0.29) is 6.42 Å². The summed E-state index contributed by atoms with van der Waals surface area (Å²) in [5, 5.41) is 13.1. The SMILES string of the molecule is CCc1ccc(OC)c(-c2cc(CC(=O)O)nn2C)c1. The third-order valence-corrected chi connectivity index (χ3v) is 3.21. The van der Waals surface area contributed by atoms with E-state index < -0.39 is 5.97 Å². The number of aliphatic carboxylic acids is 1. The van der Waals surface area contributed by atoms with Gasteiger partial charge in [0.2, 0.25) is 0 Å². The van der Waals surface area contributed by atoms with Crippen molar-refractivity contribution in [2.75, 3.05) is 7.11 Å². The predicted molar refractivity (Wildman–Crippen MR) is 75.9 cm³/mol. The quantitative estimate of drug-likeness (QED) is 0.908. The molecule has 2 rings (SSSR count). The molecule has 1 N–H and O–H groups in total. The molecule has 0 amide bonds. The third-order valence-electron chi connectivity index (χ3n) is 3.21. The van der Waals surface area contributed by atoms with Gasteiger partial charge in [0.05, 0.1) is 24.9 Å². The number of ether oxygens (including phenoxy) is 1. The molecule has 1 aromatic carbocycles. The van der Waals surface area contributed by atoms with Gasteiger partial charge in [-0.2, -0.15) is 5.10 Å². The van der Waals surface area contributed by atoms with Crippen molar-refractivity contribution in [2.24, 2.45) is 7.05 Å². The minimum atomic E-state index is -0.885. The van der Waals surface area contributed by atoms with E-state index >= 15 is 0 Å². The van der Waals surface area contributed by atoms with Crippen LogP contribution in [0.15, 0.2) is 24.3 Å². The zero-order valence-electron chi connectivity index (χ0n) is 11.9. The second kappa shape index (κ2) is 5.77. The lowest BCUT2D eigenvalue weighted by molar-refractivity contribution is -0.136. The van der Waals surface area contributed by atoms with E-state index in [4.69, 9.17) is 9.84 Å². The Labute approximate surface area is 117 Å². The highest BCUT2D eigenvalue weighted by atomic mass is 16.5. The molecule has 106 valence electrons. The van der Waals surface area contributed by atoms with Gasteiger partial charge in [0.1, 0.15) is 5.75 Å². The topological polar surface area (TPSA) is 64.3 Å². The molecule has 1 aromatic heterocycles. The summed E-state index contributed by atoms with van der Waals surface area (Å²) in [6.07, 6.45) is 0.848. The van der Waals surface area contributed by atoms with Crippen molar-refractivity contribution >= 4 is 5.97 Å². The number of hydrogen-bond acceptors (Lipinski definition) is 3. The van der Waals surface area contributed by atoms with Crippen LogP contribution in [0.4, 0.5) is 0 Å². The van der Waals surface area contributed by atoms with E-state index in [2.05, 4.69) is 18.1 Å². The summed E-state index contributed by atoms with van der Waals surface area (Å²) in [6.45, 7) is 2.09. The number of carbonyl (C=O) groups is 1. The molecule has 5 heteroatoms. The lowest BCUT2D eigenvalue weighted by Gasteiger charge is -2.10. The highest BCUT2D eigenvalue weighted by Crippen LogP contribution is 2.31. The molecule has 0 spiro atoms. The van der Waals surface area contributed by atoms with Crippen molar-refractivity contribution in [2.45, 2.75) is 19.8 Å². The van der Waals surface area contributed by atoms with E-state index in [1.165, 1.54) is 5.56 Å². The first-order valence-electron chi connectivity index (χ1n) is 6.47. The Hall–Kier alpha value is -2.30. The van der Waals surface area contributed by atoms with Crippen molar-refractivity contribution in [3.63, 3.8) is 0 Å². The smallest absolute Gasteiger partial charge is 0.309 e. The summed E-state index contributed by atoms with van der Waals surface area (Å²) in [4.78, 5) is 10.8. The monoisotopic (exact) mass is 274 g/mol. The molecule has 5 nitrogen and oxygen atoms in total. The number of aromatic nitrogens is 2. The molecular weight excluding hydrogens is 256 g/mol. The maximum Gasteiger partial charge on any atom is 0.309 e. The molecule has 0 aliphatic heterocycles. The fourth-order valence-corrected chi connectivity index (χ4v) is 2.20.